The molecule has 0 fully saturated rings. The highest BCUT2D eigenvalue weighted by Crippen LogP contribution is 2.24. The van der Waals surface area contributed by atoms with Crippen LogP contribution in [0, 0.1) is 11.6 Å². The Morgan fingerprint density at radius 2 is 1.86 bits per heavy atom. The summed E-state index contributed by atoms with van der Waals surface area (Å²) in [4.78, 5) is 12.1. The monoisotopic (exact) mass is 306 g/mol. The number of benzene rings is 2. The summed E-state index contributed by atoms with van der Waals surface area (Å²) in [6, 6.07) is 9.99. The molecule has 5 heteroatoms. The topological polar surface area (TPSA) is 30.2 Å². The molecule has 2 nitrogen and oxygen atoms in total. The molecule has 0 bridgehead atoms. The first-order valence-corrected chi connectivity index (χ1v) is 6.57. The van der Waals surface area contributed by atoms with Crippen LogP contribution in [0.25, 0.3) is 11.0 Å². The van der Waals surface area contributed by atoms with Crippen LogP contribution in [0.3, 0.4) is 0 Å². The van der Waals surface area contributed by atoms with Gasteiger partial charge in [-0.1, -0.05) is 17.7 Å². The normalized spacial score (nSPS) is 11.0. The molecule has 1 heterocycles. The van der Waals surface area contributed by atoms with Gasteiger partial charge in [-0.15, -0.1) is 0 Å². The van der Waals surface area contributed by atoms with Crippen LogP contribution < -0.4 is 0 Å². The number of fused-ring (bicyclic) bond motifs is 1. The van der Waals surface area contributed by atoms with Crippen molar-refractivity contribution in [2.75, 3.05) is 0 Å². The van der Waals surface area contributed by atoms with Crippen LogP contribution in [-0.2, 0) is 6.42 Å². The van der Waals surface area contributed by atoms with Crippen molar-refractivity contribution in [2.24, 2.45) is 0 Å². The minimum Gasteiger partial charge on any atom is -0.453 e. The van der Waals surface area contributed by atoms with Crippen molar-refractivity contribution in [1.82, 2.24) is 0 Å². The quantitative estimate of drug-likeness (QED) is 0.651. The molecule has 0 unspecified atom stereocenters. The van der Waals surface area contributed by atoms with Crippen molar-refractivity contribution >= 4 is 28.4 Å². The van der Waals surface area contributed by atoms with Crippen LogP contribution in [0.4, 0.5) is 8.78 Å². The first-order chi connectivity index (χ1) is 10.0. The Morgan fingerprint density at radius 1 is 1.05 bits per heavy atom. The van der Waals surface area contributed by atoms with Crippen LogP contribution in [0.2, 0.25) is 5.02 Å². The van der Waals surface area contributed by atoms with Gasteiger partial charge in [0.2, 0.25) is 5.78 Å². The molecule has 0 saturated heterocycles. The zero-order chi connectivity index (χ0) is 15.0. The van der Waals surface area contributed by atoms with Gasteiger partial charge in [-0.2, -0.15) is 0 Å². The van der Waals surface area contributed by atoms with E-state index < -0.39 is 11.6 Å². The van der Waals surface area contributed by atoms with Gasteiger partial charge in [0.15, 0.2) is 17.4 Å². The Balaban J connectivity index is 1.87. The maximum absolute atomic E-state index is 13.1. The molecule has 106 valence electrons. The van der Waals surface area contributed by atoms with Crippen molar-refractivity contribution < 1.29 is 18.0 Å². The van der Waals surface area contributed by atoms with Crippen molar-refractivity contribution in [3.05, 3.63) is 70.4 Å². The van der Waals surface area contributed by atoms with Crippen LogP contribution in [0.15, 0.2) is 46.9 Å². The molecule has 0 aliphatic rings. The van der Waals surface area contributed by atoms with E-state index in [0.29, 0.717) is 16.2 Å². The third-order valence-electron chi connectivity index (χ3n) is 3.10. The number of hydrogen-bond donors (Lipinski definition) is 0. The predicted molar refractivity (Wildman–Crippen MR) is 75.6 cm³/mol. The number of carbonyl (C=O) groups excluding carboxylic acids is 1. The SMILES string of the molecule is O=C(Cc1ccc(F)c(F)c1)c1cc2cc(Cl)ccc2o1. The molecule has 0 amide bonds. The van der Waals surface area contributed by atoms with E-state index in [1.54, 1.807) is 24.3 Å². The molecule has 0 N–H and O–H groups in total. The Bertz CT molecular complexity index is 839. The number of hydrogen-bond acceptors (Lipinski definition) is 2. The molecule has 3 rings (SSSR count). The minimum absolute atomic E-state index is 0.0647. The smallest absolute Gasteiger partial charge is 0.202 e. The molecule has 0 spiro atoms. The molecule has 0 aliphatic carbocycles. The average molecular weight is 307 g/mol. The van der Waals surface area contributed by atoms with E-state index in [4.69, 9.17) is 16.0 Å². The van der Waals surface area contributed by atoms with Crippen molar-refractivity contribution in [3.63, 3.8) is 0 Å². The van der Waals surface area contributed by atoms with E-state index in [-0.39, 0.29) is 18.0 Å². The van der Waals surface area contributed by atoms with E-state index in [0.717, 1.165) is 17.5 Å². The maximum atomic E-state index is 13.1. The summed E-state index contributed by atoms with van der Waals surface area (Å²) in [6.45, 7) is 0. The molecule has 21 heavy (non-hydrogen) atoms. The molecule has 0 atom stereocenters. The van der Waals surface area contributed by atoms with Crippen LogP contribution in [0.1, 0.15) is 16.1 Å². The van der Waals surface area contributed by atoms with Gasteiger partial charge in [-0.05, 0) is 42.0 Å². The Kier molecular flexibility index (Phi) is 3.47. The number of rotatable bonds is 3. The number of furan rings is 1. The maximum Gasteiger partial charge on any atom is 0.202 e. The van der Waals surface area contributed by atoms with E-state index in [9.17, 15) is 13.6 Å². The van der Waals surface area contributed by atoms with Gasteiger partial charge < -0.3 is 4.42 Å². The third-order valence-corrected chi connectivity index (χ3v) is 3.34. The second-order valence-corrected chi connectivity index (χ2v) is 5.08. The van der Waals surface area contributed by atoms with Gasteiger partial charge in [0.1, 0.15) is 5.58 Å². The lowest BCUT2D eigenvalue weighted by Gasteiger charge is -2.00. The van der Waals surface area contributed by atoms with Gasteiger partial charge in [-0.25, -0.2) is 8.78 Å². The summed E-state index contributed by atoms with van der Waals surface area (Å²) in [5.74, 6) is -2.06. The zero-order valence-corrected chi connectivity index (χ0v) is 11.5. The van der Waals surface area contributed by atoms with Crippen LogP contribution >= 0.6 is 11.6 Å². The molecule has 0 radical (unpaired) electrons. The lowest BCUT2D eigenvalue weighted by molar-refractivity contribution is 0.0968. The highest BCUT2D eigenvalue weighted by molar-refractivity contribution is 6.31. The number of ketones is 1. The molecular weight excluding hydrogens is 298 g/mol. The second-order valence-electron chi connectivity index (χ2n) is 4.64. The summed E-state index contributed by atoms with van der Waals surface area (Å²) < 4.78 is 31.4. The zero-order valence-electron chi connectivity index (χ0n) is 10.7. The van der Waals surface area contributed by atoms with Gasteiger partial charge in [0, 0.05) is 16.8 Å². The molecule has 2 aromatic carbocycles. The first kappa shape index (κ1) is 13.8. The highest BCUT2D eigenvalue weighted by atomic mass is 35.5. The number of Topliss-reactive ketones (excluding diaryl/α,β-unsaturated/α-hetero) is 1. The summed E-state index contributed by atoms with van der Waals surface area (Å²) in [5, 5.41) is 1.26. The van der Waals surface area contributed by atoms with Gasteiger partial charge in [0.25, 0.3) is 0 Å². The van der Waals surface area contributed by atoms with Gasteiger partial charge in [-0.3, -0.25) is 4.79 Å². The molecule has 3 aromatic rings. The summed E-state index contributed by atoms with van der Waals surface area (Å²) in [7, 11) is 0. The van der Waals surface area contributed by atoms with Crippen molar-refractivity contribution in [1.29, 1.82) is 0 Å². The summed E-state index contributed by atoms with van der Waals surface area (Å²) in [6.07, 6.45) is -0.0647. The molecule has 1 aromatic heterocycles. The predicted octanol–water partition coefficient (Wildman–Crippen LogP) is 4.79. The Labute approximate surface area is 123 Å². The highest BCUT2D eigenvalue weighted by Gasteiger charge is 2.14. The lowest BCUT2D eigenvalue weighted by atomic mass is 10.1. The second kappa shape index (κ2) is 5.30. The fourth-order valence-electron chi connectivity index (χ4n) is 2.07. The van der Waals surface area contributed by atoms with E-state index >= 15 is 0 Å². The third kappa shape index (κ3) is 2.81. The van der Waals surface area contributed by atoms with Crippen LogP contribution in [-0.4, -0.2) is 5.78 Å². The van der Waals surface area contributed by atoms with Crippen molar-refractivity contribution in [3.8, 4) is 0 Å². The van der Waals surface area contributed by atoms with E-state index in [2.05, 4.69) is 0 Å². The van der Waals surface area contributed by atoms with Gasteiger partial charge >= 0.3 is 0 Å². The molecular formula is C16H9ClF2O2. The Hall–Kier alpha value is -2.20. The molecule has 0 aliphatic heterocycles. The average Bonchev–Trinajstić information content (AvgIpc) is 2.86. The number of halogens is 3. The summed E-state index contributed by atoms with van der Waals surface area (Å²) >= 11 is 5.87. The van der Waals surface area contributed by atoms with E-state index in [1.165, 1.54) is 6.07 Å². The number of carbonyl (C=O) groups is 1. The summed E-state index contributed by atoms with van der Waals surface area (Å²) in [5.41, 5.74) is 0.936. The minimum atomic E-state index is -0.975. The van der Waals surface area contributed by atoms with Crippen molar-refractivity contribution in [2.45, 2.75) is 6.42 Å². The fourth-order valence-corrected chi connectivity index (χ4v) is 2.25. The first-order valence-electron chi connectivity index (χ1n) is 6.19. The van der Waals surface area contributed by atoms with Gasteiger partial charge in [0.05, 0.1) is 0 Å². The van der Waals surface area contributed by atoms with E-state index in [1.807, 2.05) is 0 Å². The lowest BCUT2D eigenvalue weighted by Crippen LogP contribution is -2.02. The largest absolute Gasteiger partial charge is 0.453 e. The van der Waals surface area contributed by atoms with Crippen LogP contribution in [0.5, 0.6) is 0 Å². The fraction of sp³-hybridized carbons (Fsp3) is 0.0625. The Morgan fingerprint density at radius 3 is 2.62 bits per heavy atom. The molecule has 0 saturated carbocycles. The standard InChI is InChI=1S/C16H9ClF2O2/c17-11-2-4-15-10(7-11)8-16(21-15)14(20)6-9-1-3-12(18)13(19)5-9/h1-5,7-8H,6H2.